The standard InChI is InChI=1S/C12H15NO2/c13-12(11(14)15)7-6-10(12)8-9-4-2-1-3-5-9/h1-5,10H,6-8,13H2,(H,14,15)/t10-,12-/m0/s1. The van der Waals surface area contributed by atoms with Crippen LogP contribution in [-0.2, 0) is 11.2 Å². The van der Waals surface area contributed by atoms with Crippen molar-refractivity contribution in [2.24, 2.45) is 11.7 Å². The molecule has 1 aliphatic carbocycles. The van der Waals surface area contributed by atoms with Crippen LogP contribution in [0.1, 0.15) is 18.4 Å². The molecule has 3 heteroatoms. The average Bonchev–Trinajstić information content (AvgIpc) is 2.24. The second-order valence-electron chi connectivity index (χ2n) is 4.27. The highest BCUT2D eigenvalue weighted by molar-refractivity contribution is 5.80. The van der Waals surface area contributed by atoms with E-state index >= 15 is 0 Å². The number of carbonyl (C=O) groups is 1. The van der Waals surface area contributed by atoms with Gasteiger partial charge in [-0.2, -0.15) is 0 Å². The van der Waals surface area contributed by atoms with E-state index in [0.717, 1.165) is 12.8 Å². The average molecular weight is 205 g/mol. The number of carboxylic acids is 1. The van der Waals surface area contributed by atoms with Crippen LogP contribution in [0.5, 0.6) is 0 Å². The molecule has 1 aromatic carbocycles. The third-order valence-electron chi connectivity index (χ3n) is 3.36. The van der Waals surface area contributed by atoms with Gasteiger partial charge in [-0.3, -0.25) is 4.79 Å². The Kier molecular flexibility index (Phi) is 2.49. The van der Waals surface area contributed by atoms with Crippen LogP contribution in [-0.4, -0.2) is 16.6 Å². The van der Waals surface area contributed by atoms with Gasteiger partial charge in [-0.05, 0) is 30.7 Å². The first kappa shape index (κ1) is 10.2. The summed E-state index contributed by atoms with van der Waals surface area (Å²) < 4.78 is 0. The predicted octanol–water partition coefficient (Wildman–Crippen LogP) is 1.42. The fourth-order valence-electron chi connectivity index (χ4n) is 2.12. The molecule has 0 spiro atoms. The van der Waals surface area contributed by atoms with Crippen molar-refractivity contribution in [3.63, 3.8) is 0 Å². The lowest BCUT2D eigenvalue weighted by molar-refractivity contribution is -0.150. The lowest BCUT2D eigenvalue weighted by Crippen LogP contribution is -2.61. The first-order valence-corrected chi connectivity index (χ1v) is 5.19. The molecule has 1 aromatic rings. The van der Waals surface area contributed by atoms with E-state index in [2.05, 4.69) is 0 Å². The maximum atomic E-state index is 11.0. The normalized spacial score (nSPS) is 29.5. The largest absolute Gasteiger partial charge is 0.480 e. The number of hydrogen-bond acceptors (Lipinski definition) is 2. The smallest absolute Gasteiger partial charge is 0.323 e. The molecule has 15 heavy (non-hydrogen) atoms. The summed E-state index contributed by atoms with van der Waals surface area (Å²) in [5.74, 6) is -0.785. The minimum absolute atomic E-state index is 0.0809. The summed E-state index contributed by atoms with van der Waals surface area (Å²) in [6.45, 7) is 0. The zero-order valence-electron chi connectivity index (χ0n) is 8.52. The minimum Gasteiger partial charge on any atom is -0.480 e. The Morgan fingerprint density at radius 1 is 1.47 bits per heavy atom. The van der Waals surface area contributed by atoms with Crippen molar-refractivity contribution in [2.75, 3.05) is 0 Å². The topological polar surface area (TPSA) is 63.3 Å². The summed E-state index contributed by atoms with van der Waals surface area (Å²) in [5, 5.41) is 9.02. The number of hydrogen-bond donors (Lipinski definition) is 2. The van der Waals surface area contributed by atoms with Gasteiger partial charge in [0.2, 0.25) is 0 Å². The van der Waals surface area contributed by atoms with Gasteiger partial charge in [0.25, 0.3) is 0 Å². The molecule has 1 aliphatic rings. The zero-order valence-corrected chi connectivity index (χ0v) is 8.52. The molecule has 0 heterocycles. The van der Waals surface area contributed by atoms with Gasteiger partial charge in [0.05, 0.1) is 0 Å². The van der Waals surface area contributed by atoms with Crippen LogP contribution in [0.4, 0.5) is 0 Å². The minimum atomic E-state index is -0.990. The maximum absolute atomic E-state index is 11.0. The molecule has 80 valence electrons. The molecule has 2 atom stereocenters. The van der Waals surface area contributed by atoms with E-state index in [1.807, 2.05) is 30.3 Å². The monoisotopic (exact) mass is 205 g/mol. The highest BCUT2D eigenvalue weighted by atomic mass is 16.4. The van der Waals surface area contributed by atoms with Crippen molar-refractivity contribution in [1.29, 1.82) is 0 Å². The number of rotatable bonds is 3. The van der Waals surface area contributed by atoms with Crippen LogP contribution in [0.2, 0.25) is 0 Å². The van der Waals surface area contributed by atoms with Crippen LogP contribution in [0.15, 0.2) is 30.3 Å². The molecular weight excluding hydrogens is 190 g/mol. The summed E-state index contributed by atoms with van der Waals surface area (Å²) >= 11 is 0. The van der Waals surface area contributed by atoms with Crippen LogP contribution in [0.25, 0.3) is 0 Å². The van der Waals surface area contributed by atoms with Gasteiger partial charge in [-0.15, -0.1) is 0 Å². The molecule has 1 fully saturated rings. The summed E-state index contributed by atoms with van der Waals surface area (Å²) in [4.78, 5) is 11.0. The molecule has 3 nitrogen and oxygen atoms in total. The molecule has 0 aliphatic heterocycles. The van der Waals surface area contributed by atoms with Gasteiger partial charge in [0.1, 0.15) is 5.54 Å². The Morgan fingerprint density at radius 3 is 2.60 bits per heavy atom. The van der Waals surface area contributed by atoms with Crippen molar-refractivity contribution in [3.8, 4) is 0 Å². The molecule has 0 unspecified atom stereocenters. The second kappa shape index (κ2) is 3.66. The number of aliphatic carboxylic acids is 1. The molecule has 0 amide bonds. The van der Waals surface area contributed by atoms with Gasteiger partial charge in [0, 0.05) is 0 Å². The van der Waals surface area contributed by atoms with Crippen molar-refractivity contribution in [2.45, 2.75) is 24.8 Å². The van der Waals surface area contributed by atoms with Gasteiger partial charge < -0.3 is 10.8 Å². The van der Waals surface area contributed by atoms with E-state index in [1.165, 1.54) is 5.56 Å². The molecule has 3 N–H and O–H groups in total. The summed E-state index contributed by atoms with van der Waals surface area (Å²) in [6, 6.07) is 9.91. The SMILES string of the molecule is N[C@@]1(C(=O)O)CC[C@H]1Cc1ccccc1. The number of benzene rings is 1. The molecule has 0 saturated heterocycles. The van der Waals surface area contributed by atoms with E-state index in [4.69, 9.17) is 10.8 Å². The molecule has 2 rings (SSSR count). The summed E-state index contributed by atoms with van der Waals surface area (Å²) in [6.07, 6.45) is 2.28. The van der Waals surface area contributed by atoms with E-state index in [1.54, 1.807) is 0 Å². The van der Waals surface area contributed by atoms with E-state index < -0.39 is 11.5 Å². The first-order valence-electron chi connectivity index (χ1n) is 5.19. The Morgan fingerprint density at radius 2 is 2.13 bits per heavy atom. The predicted molar refractivity (Wildman–Crippen MR) is 57.4 cm³/mol. The van der Waals surface area contributed by atoms with Crippen LogP contribution < -0.4 is 5.73 Å². The lowest BCUT2D eigenvalue weighted by atomic mass is 9.65. The van der Waals surface area contributed by atoms with E-state index in [0.29, 0.717) is 6.42 Å². The first-order chi connectivity index (χ1) is 7.13. The number of carboxylic acid groups (broad SMARTS) is 1. The molecule has 0 radical (unpaired) electrons. The van der Waals surface area contributed by atoms with Crippen LogP contribution in [0.3, 0.4) is 0 Å². The number of nitrogens with two attached hydrogens (primary N) is 1. The fourth-order valence-corrected chi connectivity index (χ4v) is 2.12. The third kappa shape index (κ3) is 1.75. The third-order valence-corrected chi connectivity index (χ3v) is 3.36. The van der Waals surface area contributed by atoms with Crippen LogP contribution >= 0.6 is 0 Å². The second-order valence-corrected chi connectivity index (χ2v) is 4.27. The molecule has 1 saturated carbocycles. The van der Waals surface area contributed by atoms with Crippen molar-refractivity contribution in [1.82, 2.24) is 0 Å². The summed E-state index contributed by atoms with van der Waals surface area (Å²) in [5.41, 5.74) is 6.01. The quantitative estimate of drug-likeness (QED) is 0.784. The molecule has 0 aromatic heterocycles. The maximum Gasteiger partial charge on any atom is 0.323 e. The van der Waals surface area contributed by atoms with Gasteiger partial charge in [-0.1, -0.05) is 30.3 Å². The Balaban J connectivity index is 2.06. The highest BCUT2D eigenvalue weighted by Crippen LogP contribution is 2.38. The van der Waals surface area contributed by atoms with Crippen molar-refractivity contribution >= 4 is 5.97 Å². The lowest BCUT2D eigenvalue weighted by Gasteiger charge is -2.43. The van der Waals surface area contributed by atoms with Gasteiger partial charge in [-0.25, -0.2) is 0 Å². The molecule has 0 bridgehead atoms. The van der Waals surface area contributed by atoms with Gasteiger partial charge in [0.15, 0.2) is 0 Å². The van der Waals surface area contributed by atoms with E-state index in [9.17, 15) is 4.79 Å². The van der Waals surface area contributed by atoms with Crippen molar-refractivity contribution in [3.05, 3.63) is 35.9 Å². The van der Waals surface area contributed by atoms with Crippen molar-refractivity contribution < 1.29 is 9.90 Å². The Hall–Kier alpha value is -1.35. The fraction of sp³-hybridized carbons (Fsp3) is 0.417. The zero-order chi connectivity index (χ0) is 10.9. The van der Waals surface area contributed by atoms with Gasteiger partial charge >= 0.3 is 5.97 Å². The Bertz CT molecular complexity index is 363. The Labute approximate surface area is 88.9 Å². The molecular formula is C12H15NO2. The van der Waals surface area contributed by atoms with E-state index in [-0.39, 0.29) is 5.92 Å². The summed E-state index contributed by atoms with van der Waals surface area (Å²) in [7, 11) is 0. The van der Waals surface area contributed by atoms with Crippen LogP contribution in [0, 0.1) is 5.92 Å². The highest BCUT2D eigenvalue weighted by Gasteiger charge is 2.49.